The zero-order chi connectivity index (χ0) is 9.14. The molecule has 0 radical (unpaired) electrons. The molecule has 0 atom stereocenters. The lowest BCUT2D eigenvalue weighted by Gasteiger charge is -2.07. The van der Waals surface area contributed by atoms with Crippen molar-refractivity contribution in [3.63, 3.8) is 0 Å². The molecule has 0 amide bonds. The molecule has 1 aliphatic heterocycles. The van der Waals surface area contributed by atoms with Gasteiger partial charge in [0.15, 0.2) is 17.4 Å². The quantitative estimate of drug-likeness (QED) is 0.635. The Kier molecular flexibility index (Phi) is 2.98. The summed E-state index contributed by atoms with van der Waals surface area (Å²) in [6, 6.07) is 0. The number of hydrogen-bond acceptors (Lipinski definition) is 3. The van der Waals surface area contributed by atoms with Gasteiger partial charge < -0.3 is 9.47 Å². The van der Waals surface area contributed by atoms with Gasteiger partial charge in [0.25, 0.3) is 0 Å². The number of cyclic esters (lactones) is 1. The van der Waals surface area contributed by atoms with E-state index in [9.17, 15) is 4.79 Å². The molecule has 1 aliphatic rings. The van der Waals surface area contributed by atoms with E-state index in [1.54, 1.807) is 0 Å². The number of hydrogen-bond donors (Lipinski definition) is 0. The first-order valence-electron chi connectivity index (χ1n) is 3.80. The van der Waals surface area contributed by atoms with Gasteiger partial charge in [-0.15, -0.1) is 0 Å². The highest BCUT2D eigenvalue weighted by molar-refractivity contribution is 6.42. The molecule has 12 heavy (non-hydrogen) atoms. The average molecular weight is 191 g/mol. The molecular weight excluding hydrogens is 180 g/mol. The minimum Gasteiger partial charge on any atom is -0.492 e. The minimum atomic E-state index is -0.490. The van der Waals surface area contributed by atoms with Crippen molar-refractivity contribution in [2.75, 3.05) is 13.2 Å². The number of halogens is 1. The van der Waals surface area contributed by atoms with Gasteiger partial charge in [-0.3, -0.25) is 0 Å². The zero-order valence-corrected chi connectivity index (χ0v) is 7.85. The predicted molar refractivity (Wildman–Crippen MR) is 44.6 cm³/mol. The highest BCUT2D eigenvalue weighted by Gasteiger charge is 2.24. The first-order valence-corrected chi connectivity index (χ1v) is 4.17. The Morgan fingerprint density at radius 1 is 1.67 bits per heavy atom. The van der Waals surface area contributed by atoms with Crippen LogP contribution in [0.1, 0.15) is 13.8 Å². The van der Waals surface area contributed by atoms with Crippen molar-refractivity contribution in [1.29, 1.82) is 0 Å². The summed E-state index contributed by atoms with van der Waals surface area (Å²) in [6.45, 7) is 4.77. The topological polar surface area (TPSA) is 35.5 Å². The molecule has 1 heterocycles. The monoisotopic (exact) mass is 190 g/mol. The van der Waals surface area contributed by atoms with Crippen LogP contribution in [0.25, 0.3) is 0 Å². The SMILES string of the molecule is CC(C)COC1=C(Cl)C(=O)OC1. The van der Waals surface area contributed by atoms with E-state index in [1.807, 2.05) is 13.8 Å². The number of esters is 1. The maximum atomic E-state index is 10.7. The normalized spacial score (nSPS) is 17.2. The molecule has 68 valence electrons. The summed E-state index contributed by atoms with van der Waals surface area (Å²) < 4.78 is 9.89. The molecule has 4 heteroatoms. The fourth-order valence-electron chi connectivity index (χ4n) is 0.744. The number of rotatable bonds is 3. The summed E-state index contributed by atoms with van der Waals surface area (Å²) in [5.41, 5.74) is 0. The minimum absolute atomic E-state index is 0.0793. The van der Waals surface area contributed by atoms with E-state index in [1.165, 1.54) is 0 Å². The molecule has 0 saturated heterocycles. The van der Waals surface area contributed by atoms with Crippen LogP contribution in [0.2, 0.25) is 0 Å². The van der Waals surface area contributed by atoms with Crippen LogP contribution in [0.15, 0.2) is 10.8 Å². The second kappa shape index (κ2) is 3.81. The Hall–Kier alpha value is -0.700. The van der Waals surface area contributed by atoms with Crippen LogP contribution in [-0.2, 0) is 14.3 Å². The van der Waals surface area contributed by atoms with E-state index in [4.69, 9.17) is 16.3 Å². The summed E-state index contributed by atoms with van der Waals surface area (Å²) in [5, 5.41) is 0.0793. The van der Waals surface area contributed by atoms with Gasteiger partial charge in [0.1, 0.15) is 0 Å². The van der Waals surface area contributed by atoms with Crippen LogP contribution in [0, 0.1) is 5.92 Å². The number of carbonyl (C=O) groups is 1. The van der Waals surface area contributed by atoms with Crippen LogP contribution in [0.4, 0.5) is 0 Å². The van der Waals surface area contributed by atoms with Gasteiger partial charge in [0, 0.05) is 0 Å². The predicted octanol–water partition coefficient (Wildman–Crippen LogP) is 1.67. The molecule has 0 N–H and O–H groups in total. The lowest BCUT2D eigenvalue weighted by molar-refractivity contribution is -0.135. The Morgan fingerprint density at radius 2 is 2.33 bits per heavy atom. The lowest BCUT2D eigenvalue weighted by atomic mass is 10.2. The Labute approximate surface area is 76.3 Å². The third-order valence-electron chi connectivity index (χ3n) is 1.35. The molecule has 0 spiro atoms. The third-order valence-corrected chi connectivity index (χ3v) is 1.71. The molecule has 0 aliphatic carbocycles. The summed E-state index contributed by atoms with van der Waals surface area (Å²) in [4.78, 5) is 10.7. The van der Waals surface area contributed by atoms with Crippen LogP contribution in [0.3, 0.4) is 0 Å². The van der Waals surface area contributed by atoms with Crippen molar-refractivity contribution in [3.05, 3.63) is 10.8 Å². The highest BCUT2D eigenvalue weighted by Crippen LogP contribution is 2.20. The molecule has 0 fully saturated rings. The molecule has 0 bridgehead atoms. The van der Waals surface area contributed by atoms with Crippen molar-refractivity contribution >= 4 is 17.6 Å². The molecule has 0 saturated carbocycles. The Balaban J connectivity index is 2.47. The molecular formula is C8H11ClO3. The van der Waals surface area contributed by atoms with Crippen LogP contribution >= 0.6 is 11.6 Å². The third kappa shape index (κ3) is 2.14. The number of carbonyl (C=O) groups excluding carboxylic acids is 1. The fraction of sp³-hybridized carbons (Fsp3) is 0.625. The molecule has 0 aromatic carbocycles. The van der Waals surface area contributed by atoms with E-state index in [0.717, 1.165) is 0 Å². The second-order valence-corrected chi connectivity index (χ2v) is 3.40. The second-order valence-electron chi connectivity index (χ2n) is 3.02. The van der Waals surface area contributed by atoms with Crippen LogP contribution < -0.4 is 0 Å². The summed E-state index contributed by atoms with van der Waals surface area (Å²) in [5.74, 6) is 0.378. The van der Waals surface area contributed by atoms with Crippen LogP contribution in [0.5, 0.6) is 0 Å². The van der Waals surface area contributed by atoms with E-state index in [0.29, 0.717) is 18.3 Å². The van der Waals surface area contributed by atoms with Gasteiger partial charge in [-0.25, -0.2) is 4.79 Å². The number of ether oxygens (including phenoxy) is 2. The summed E-state index contributed by atoms with van der Waals surface area (Å²) in [7, 11) is 0. The van der Waals surface area contributed by atoms with E-state index in [-0.39, 0.29) is 11.6 Å². The molecule has 1 rings (SSSR count). The Morgan fingerprint density at radius 3 is 2.75 bits per heavy atom. The van der Waals surface area contributed by atoms with Gasteiger partial charge in [-0.2, -0.15) is 0 Å². The van der Waals surface area contributed by atoms with Crippen molar-refractivity contribution in [2.24, 2.45) is 5.92 Å². The van der Waals surface area contributed by atoms with E-state index >= 15 is 0 Å². The lowest BCUT2D eigenvalue weighted by Crippen LogP contribution is -2.03. The first kappa shape index (κ1) is 9.39. The largest absolute Gasteiger partial charge is 0.492 e. The van der Waals surface area contributed by atoms with E-state index in [2.05, 4.69) is 4.74 Å². The molecule has 0 unspecified atom stereocenters. The highest BCUT2D eigenvalue weighted by atomic mass is 35.5. The zero-order valence-electron chi connectivity index (χ0n) is 7.09. The maximum Gasteiger partial charge on any atom is 0.353 e. The smallest absolute Gasteiger partial charge is 0.353 e. The van der Waals surface area contributed by atoms with Crippen LogP contribution in [-0.4, -0.2) is 19.2 Å². The maximum absolute atomic E-state index is 10.7. The van der Waals surface area contributed by atoms with Gasteiger partial charge in [0.05, 0.1) is 6.61 Å². The van der Waals surface area contributed by atoms with Gasteiger partial charge in [-0.1, -0.05) is 25.4 Å². The summed E-state index contributed by atoms with van der Waals surface area (Å²) >= 11 is 5.59. The Bertz CT molecular complexity index is 220. The van der Waals surface area contributed by atoms with Crippen molar-refractivity contribution in [2.45, 2.75) is 13.8 Å². The summed E-state index contributed by atoms with van der Waals surface area (Å²) in [6.07, 6.45) is 0. The fourth-order valence-corrected chi connectivity index (χ4v) is 0.908. The van der Waals surface area contributed by atoms with Gasteiger partial charge >= 0.3 is 5.97 Å². The van der Waals surface area contributed by atoms with E-state index < -0.39 is 5.97 Å². The molecule has 3 nitrogen and oxygen atoms in total. The average Bonchev–Trinajstić information content (AvgIpc) is 2.30. The molecule has 0 aromatic heterocycles. The van der Waals surface area contributed by atoms with Gasteiger partial charge in [-0.05, 0) is 5.92 Å². The first-order chi connectivity index (χ1) is 5.61. The van der Waals surface area contributed by atoms with Crippen molar-refractivity contribution in [3.8, 4) is 0 Å². The van der Waals surface area contributed by atoms with Crippen molar-refractivity contribution in [1.82, 2.24) is 0 Å². The molecule has 0 aromatic rings. The van der Waals surface area contributed by atoms with Crippen molar-refractivity contribution < 1.29 is 14.3 Å². The standard InChI is InChI=1S/C8H11ClO3/c1-5(2)3-11-6-4-12-8(10)7(6)9/h5H,3-4H2,1-2H3. The van der Waals surface area contributed by atoms with Gasteiger partial charge in [0.2, 0.25) is 0 Å².